The lowest BCUT2D eigenvalue weighted by Crippen LogP contribution is -2.13. The summed E-state index contributed by atoms with van der Waals surface area (Å²) in [5.41, 5.74) is 3.88. The highest BCUT2D eigenvalue weighted by Gasteiger charge is 2.14. The summed E-state index contributed by atoms with van der Waals surface area (Å²) in [5.74, 6) is 0.191. The molecular weight excluding hydrogens is 354 g/mol. The lowest BCUT2D eigenvalue weighted by molar-refractivity contribution is 0.102. The zero-order valence-electron chi connectivity index (χ0n) is 15.8. The topological polar surface area (TPSA) is 68.5 Å². The number of carbonyl (C=O) groups is 1. The molecule has 0 aliphatic carbocycles. The SMILES string of the molecule is COc1ccccc1C(=O)Nc1ccc2c(=O)c3ccc(C)c(C)c3oc2c1. The van der Waals surface area contributed by atoms with E-state index < -0.39 is 0 Å². The van der Waals surface area contributed by atoms with Gasteiger partial charge >= 0.3 is 0 Å². The molecule has 0 fully saturated rings. The number of fused-ring (bicyclic) bond motifs is 2. The van der Waals surface area contributed by atoms with Crippen molar-refractivity contribution in [3.63, 3.8) is 0 Å². The fourth-order valence-corrected chi connectivity index (χ4v) is 3.26. The number of hydrogen-bond donors (Lipinski definition) is 1. The highest BCUT2D eigenvalue weighted by Crippen LogP contribution is 2.26. The monoisotopic (exact) mass is 373 g/mol. The van der Waals surface area contributed by atoms with Gasteiger partial charge in [0.15, 0.2) is 0 Å². The van der Waals surface area contributed by atoms with Gasteiger partial charge in [-0.05, 0) is 55.3 Å². The smallest absolute Gasteiger partial charge is 0.259 e. The first-order chi connectivity index (χ1) is 13.5. The molecule has 0 saturated carbocycles. The number of ether oxygens (including phenoxy) is 1. The van der Waals surface area contributed by atoms with Gasteiger partial charge in [-0.25, -0.2) is 0 Å². The molecule has 0 atom stereocenters. The first kappa shape index (κ1) is 17.8. The predicted molar refractivity (Wildman–Crippen MR) is 110 cm³/mol. The van der Waals surface area contributed by atoms with Crippen molar-refractivity contribution < 1.29 is 13.9 Å². The standard InChI is InChI=1S/C23H19NO4/c1-13-8-10-18-21(25)16-11-9-15(12-20(16)28-22(18)14(13)2)24-23(26)17-6-4-5-7-19(17)27-3/h4-12H,1-3H3,(H,24,26). The molecule has 0 radical (unpaired) electrons. The molecule has 140 valence electrons. The van der Waals surface area contributed by atoms with E-state index in [-0.39, 0.29) is 11.3 Å². The van der Waals surface area contributed by atoms with Crippen LogP contribution in [0, 0.1) is 13.8 Å². The van der Waals surface area contributed by atoms with Crippen LogP contribution in [0.25, 0.3) is 21.9 Å². The first-order valence-electron chi connectivity index (χ1n) is 8.90. The Bertz CT molecular complexity index is 1290. The first-order valence-corrected chi connectivity index (χ1v) is 8.90. The van der Waals surface area contributed by atoms with Gasteiger partial charge in [0.05, 0.1) is 23.4 Å². The van der Waals surface area contributed by atoms with Crippen LogP contribution >= 0.6 is 0 Å². The molecule has 0 unspecified atom stereocenters. The van der Waals surface area contributed by atoms with Crippen molar-refractivity contribution in [2.24, 2.45) is 0 Å². The zero-order valence-corrected chi connectivity index (χ0v) is 15.8. The number of rotatable bonds is 3. The van der Waals surface area contributed by atoms with Gasteiger partial charge in [0.1, 0.15) is 16.9 Å². The van der Waals surface area contributed by atoms with Crippen LogP contribution in [0.4, 0.5) is 5.69 Å². The number of aryl methyl sites for hydroxylation is 2. The van der Waals surface area contributed by atoms with E-state index in [2.05, 4.69) is 5.32 Å². The minimum atomic E-state index is -0.299. The van der Waals surface area contributed by atoms with Gasteiger partial charge in [-0.3, -0.25) is 9.59 Å². The van der Waals surface area contributed by atoms with Gasteiger partial charge in [-0.1, -0.05) is 18.2 Å². The van der Waals surface area contributed by atoms with Crippen LogP contribution in [-0.2, 0) is 0 Å². The molecule has 4 rings (SSSR count). The Morgan fingerprint density at radius 3 is 2.54 bits per heavy atom. The van der Waals surface area contributed by atoms with E-state index in [0.717, 1.165) is 11.1 Å². The summed E-state index contributed by atoms with van der Waals surface area (Å²) in [5, 5.41) is 3.87. The summed E-state index contributed by atoms with van der Waals surface area (Å²) in [7, 11) is 1.52. The molecule has 0 saturated heterocycles. The van der Waals surface area contributed by atoms with E-state index in [1.54, 1.807) is 48.5 Å². The second kappa shape index (κ2) is 6.85. The summed E-state index contributed by atoms with van der Waals surface area (Å²) in [4.78, 5) is 25.5. The molecule has 4 aromatic rings. The minimum absolute atomic E-state index is 0.0815. The number of amides is 1. The predicted octanol–water partition coefficient (Wildman–Crippen LogP) is 4.82. The Labute approximate surface area is 161 Å². The molecule has 3 aromatic carbocycles. The number of nitrogens with one attached hydrogen (secondary N) is 1. The molecule has 0 aliphatic rings. The van der Waals surface area contributed by atoms with Gasteiger partial charge in [-0.2, -0.15) is 0 Å². The Hall–Kier alpha value is -3.60. The molecule has 28 heavy (non-hydrogen) atoms. The second-order valence-corrected chi connectivity index (χ2v) is 6.68. The zero-order chi connectivity index (χ0) is 19.8. The summed E-state index contributed by atoms with van der Waals surface area (Å²) in [6, 6.07) is 15.7. The van der Waals surface area contributed by atoms with E-state index in [4.69, 9.17) is 9.15 Å². The summed E-state index contributed by atoms with van der Waals surface area (Å²) in [6.07, 6.45) is 0. The lowest BCUT2D eigenvalue weighted by Gasteiger charge is -2.10. The van der Waals surface area contributed by atoms with Gasteiger partial charge in [0.2, 0.25) is 5.43 Å². The van der Waals surface area contributed by atoms with Gasteiger partial charge in [0, 0.05) is 11.8 Å². The second-order valence-electron chi connectivity index (χ2n) is 6.68. The Morgan fingerprint density at radius 1 is 1.00 bits per heavy atom. The van der Waals surface area contributed by atoms with Crippen molar-refractivity contribution in [2.45, 2.75) is 13.8 Å². The maximum absolute atomic E-state index is 12.8. The highest BCUT2D eigenvalue weighted by atomic mass is 16.5. The van der Waals surface area contributed by atoms with E-state index in [1.165, 1.54) is 7.11 Å². The van der Waals surface area contributed by atoms with E-state index in [0.29, 0.717) is 38.9 Å². The number of hydrogen-bond acceptors (Lipinski definition) is 4. The van der Waals surface area contributed by atoms with Crippen molar-refractivity contribution >= 4 is 33.5 Å². The van der Waals surface area contributed by atoms with Crippen molar-refractivity contribution in [3.05, 3.63) is 81.5 Å². The third-order valence-electron chi connectivity index (χ3n) is 4.97. The number of anilines is 1. The van der Waals surface area contributed by atoms with Crippen LogP contribution in [0.15, 0.2) is 63.8 Å². The fraction of sp³-hybridized carbons (Fsp3) is 0.130. The number of benzene rings is 3. The van der Waals surface area contributed by atoms with Crippen LogP contribution in [0.2, 0.25) is 0 Å². The van der Waals surface area contributed by atoms with Gasteiger partial charge in [0.25, 0.3) is 5.91 Å². The molecule has 1 heterocycles. The van der Waals surface area contributed by atoms with Gasteiger partial charge < -0.3 is 14.5 Å². The molecule has 5 nitrogen and oxygen atoms in total. The minimum Gasteiger partial charge on any atom is -0.496 e. The average molecular weight is 373 g/mol. The van der Waals surface area contributed by atoms with Gasteiger partial charge in [-0.15, -0.1) is 0 Å². The van der Waals surface area contributed by atoms with Crippen LogP contribution < -0.4 is 15.5 Å². The third-order valence-corrected chi connectivity index (χ3v) is 4.97. The van der Waals surface area contributed by atoms with E-state index in [1.807, 2.05) is 19.9 Å². The van der Waals surface area contributed by atoms with Crippen LogP contribution in [0.3, 0.4) is 0 Å². The largest absolute Gasteiger partial charge is 0.496 e. The number of para-hydroxylation sites is 1. The Morgan fingerprint density at radius 2 is 1.75 bits per heavy atom. The summed E-state index contributed by atoms with van der Waals surface area (Å²) >= 11 is 0. The maximum Gasteiger partial charge on any atom is 0.259 e. The molecule has 1 amide bonds. The Balaban J connectivity index is 1.79. The van der Waals surface area contributed by atoms with E-state index in [9.17, 15) is 9.59 Å². The number of methoxy groups -OCH3 is 1. The van der Waals surface area contributed by atoms with Crippen molar-refractivity contribution in [2.75, 3.05) is 12.4 Å². The average Bonchev–Trinajstić information content (AvgIpc) is 2.71. The normalized spacial score (nSPS) is 11.0. The molecule has 1 N–H and O–H groups in total. The quantitative estimate of drug-likeness (QED) is 0.523. The van der Waals surface area contributed by atoms with E-state index >= 15 is 0 Å². The summed E-state index contributed by atoms with van der Waals surface area (Å²) in [6.45, 7) is 3.91. The maximum atomic E-state index is 12.8. The van der Waals surface area contributed by atoms with Crippen LogP contribution in [0.1, 0.15) is 21.5 Å². The molecule has 0 spiro atoms. The third kappa shape index (κ3) is 2.91. The van der Waals surface area contributed by atoms with Crippen molar-refractivity contribution in [3.8, 4) is 5.75 Å². The van der Waals surface area contributed by atoms with Crippen molar-refractivity contribution in [1.82, 2.24) is 0 Å². The lowest BCUT2D eigenvalue weighted by atomic mass is 10.0. The highest BCUT2D eigenvalue weighted by molar-refractivity contribution is 6.07. The van der Waals surface area contributed by atoms with Crippen molar-refractivity contribution in [1.29, 1.82) is 0 Å². The van der Waals surface area contributed by atoms with Crippen LogP contribution in [0.5, 0.6) is 5.75 Å². The molecule has 5 heteroatoms. The molecular formula is C23H19NO4. The van der Waals surface area contributed by atoms with Crippen LogP contribution in [-0.4, -0.2) is 13.0 Å². The molecule has 1 aromatic heterocycles. The fourth-order valence-electron chi connectivity index (χ4n) is 3.26. The Kier molecular flexibility index (Phi) is 4.35. The molecule has 0 bridgehead atoms. The molecule has 0 aliphatic heterocycles. The number of carbonyl (C=O) groups excluding carboxylic acids is 1. The summed E-state index contributed by atoms with van der Waals surface area (Å²) < 4.78 is 11.3.